The number of hydrogen-bond donors (Lipinski definition) is 0. The largest absolute Gasteiger partial charge is 0.351 e. The van der Waals surface area contributed by atoms with Gasteiger partial charge in [0.1, 0.15) is 5.82 Å². The molecule has 0 radical (unpaired) electrons. The maximum atomic E-state index is 4.69. The Morgan fingerprint density at radius 1 is 0.952 bits per heavy atom. The molecular weight excluding hydrogens is 262 g/mol. The van der Waals surface area contributed by atoms with Crippen LogP contribution in [0.4, 0.5) is 11.8 Å². The van der Waals surface area contributed by atoms with E-state index in [1.165, 1.54) is 0 Å². The van der Waals surface area contributed by atoms with Crippen LogP contribution >= 0.6 is 0 Å². The molecule has 4 rings (SSSR count). The second kappa shape index (κ2) is 4.98. The standard InChI is InChI=1S/C16H19N5/c1-12-4-2-5-15(19-12)20-10-6-14-13(20)7-11-21(14)16-17-8-3-9-18-16/h2-5,8-9,13-14H,6-7,10-11H2,1H3/t13-,14-/m0/s1. The monoisotopic (exact) mass is 281 g/mol. The first-order valence-corrected chi connectivity index (χ1v) is 7.57. The Morgan fingerprint density at radius 3 is 2.43 bits per heavy atom. The van der Waals surface area contributed by atoms with E-state index in [0.29, 0.717) is 12.1 Å². The van der Waals surface area contributed by atoms with Crippen molar-refractivity contribution in [2.75, 3.05) is 22.9 Å². The van der Waals surface area contributed by atoms with Gasteiger partial charge in [0.2, 0.25) is 5.95 Å². The predicted molar refractivity (Wildman–Crippen MR) is 82.5 cm³/mol. The fourth-order valence-electron chi connectivity index (χ4n) is 3.65. The maximum Gasteiger partial charge on any atom is 0.225 e. The van der Waals surface area contributed by atoms with Crippen LogP contribution < -0.4 is 9.80 Å². The Hall–Kier alpha value is -2.17. The topological polar surface area (TPSA) is 45.2 Å². The van der Waals surface area contributed by atoms with Gasteiger partial charge in [-0.05, 0) is 38.0 Å². The van der Waals surface area contributed by atoms with Crippen LogP contribution in [0.25, 0.3) is 0 Å². The molecule has 5 heteroatoms. The number of rotatable bonds is 2. The first-order valence-electron chi connectivity index (χ1n) is 7.57. The summed E-state index contributed by atoms with van der Waals surface area (Å²) in [4.78, 5) is 18.3. The summed E-state index contributed by atoms with van der Waals surface area (Å²) in [5.41, 5.74) is 1.08. The van der Waals surface area contributed by atoms with Crippen molar-refractivity contribution < 1.29 is 0 Å². The molecule has 0 N–H and O–H groups in total. The van der Waals surface area contributed by atoms with E-state index in [1.54, 1.807) is 0 Å². The van der Waals surface area contributed by atoms with Crippen LogP contribution in [0.1, 0.15) is 18.5 Å². The van der Waals surface area contributed by atoms with Crippen LogP contribution in [0.2, 0.25) is 0 Å². The van der Waals surface area contributed by atoms with E-state index in [4.69, 9.17) is 0 Å². The van der Waals surface area contributed by atoms with Gasteiger partial charge in [0.25, 0.3) is 0 Å². The zero-order valence-electron chi connectivity index (χ0n) is 12.2. The van der Waals surface area contributed by atoms with E-state index >= 15 is 0 Å². The highest BCUT2D eigenvalue weighted by Gasteiger charge is 2.43. The number of anilines is 2. The van der Waals surface area contributed by atoms with Crippen LogP contribution in [0, 0.1) is 6.92 Å². The molecule has 0 amide bonds. The van der Waals surface area contributed by atoms with E-state index in [9.17, 15) is 0 Å². The zero-order valence-corrected chi connectivity index (χ0v) is 12.2. The van der Waals surface area contributed by atoms with Crippen molar-refractivity contribution in [3.63, 3.8) is 0 Å². The number of pyridine rings is 1. The molecule has 5 nitrogen and oxygen atoms in total. The minimum atomic E-state index is 0.509. The van der Waals surface area contributed by atoms with Crippen molar-refractivity contribution in [1.82, 2.24) is 15.0 Å². The predicted octanol–water partition coefficient (Wildman–Crippen LogP) is 2.04. The molecule has 2 saturated heterocycles. The smallest absolute Gasteiger partial charge is 0.225 e. The zero-order chi connectivity index (χ0) is 14.2. The fraction of sp³-hybridized carbons (Fsp3) is 0.438. The molecule has 2 aliphatic heterocycles. The Bertz CT molecular complexity index is 630. The Labute approximate surface area is 124 Å². The summed E-state index contributed by atoms with van der Waals surface area (Å²) in [6, 6.07) is 9.18. The van der Waals surface area contributed by atoms with Crippen molar-refractivity contribution >= 4 is 11.8 Å². The number of hydrogen-bond acceptors (Lipinski definition) is 5. The summed E-state index contributed by atoms with van der Waals surface area (Å²) in [6.45, 7) is 4.15. The average Bonchev–Trinajstić information content (AvgIpc) is 3.09. The molecule has 0 unspecified atom stereocenters. The summed E-state index contributed by atoms with van der Waals surface area (Å²) in [5.74, 6) is 1.97. The number of fused-ring (bicyclic) bond motifs is 1. The van der Waals surface area contributed by atoms with E-state index in [2.05, 4.69) is 49.9 Å². The summed E-state index contributed by atoms with van der Waals surface area (Å²) in [7, 11) is 0. The third-order valence-electron chi connectivity index (χ3n) is 4.55. The Balaban J connectivity index is 1.59. The highest BCUT2D eigenvalue weighted by atomic mass is 15.4. The Morgan fingerprint density at radius 2 is 1.67 bits per heavy atom. The molecule has 2 aromatic rings. The normalized spacial score (nSPS) is 24.4. The molecule has 0 saturated carbocycles. The van der Waals surface area contributed by atoms with Gasteiger partial charge < -0.3 is 9.80 Å². The van der Waals surface area contributed by atoms with E-state index in [1.807, 2.05) is 18.5 Å². The molecule has 21 heavy (non-hydrogen) atoms. The lowest BCUT2D eigenvalue weighted by Crippen LogP contribution is -2.37. The molecule has 2 fully saturated rings. The van der Waals surface area contributed by atoms with Crippen LogP contribution in [0.5, 0.6) is 0 Å². The van der Waals surface area contributed by atoms with Gasteiger partial charge in [-0.15, -0.1) is 0 Å². The van der Waals surface area contributed by atoms with Crippen LogP contribution in [-0.4, -0.2) is 40.1 Å². The van der Waals surface area contributed by atoms with E-state index in [0.717, 1.165) is 43.4 Å². The van der Waals surface area contributed by atoms with Gasteiger partial charge in [0, 0.05) is 31.2 Å². The minimum Gasteiger partial charge on any atom is -0.351 e. The van der Waals surface area contributed by atoms with Gasteiger partial charge in [-0.2, -0.15) is 0 Å². The quantitative estimate of drug-likeness (QED) is 0.843. The summed E-state index contributed by atoms with van der Waals surface area (Å²) >= 11 is 0. The second-order valence-electron chi connectivity index (χ2n) is 5.78. The van der Waals surface area contributed by atoms with Crippen LogP contribution in [0.15, 0.2) is 36.7 Å². The van der Waals surface area contributed by atoms with Gasteiger partial charge in [0.15, 0.2) is 0 Å². The van der Waals surface area contributed by atoms with Gasteiger partial charge in [-0.25, -0.2) is 15.0 Å². The maximum absolute atomic E-state index is 4.69. The van der Waals surface area contributed by atoms with Crippen molar-refractivity contribution in [1.29, 1.82) is 0 Å². The van der Waals surface area contributed by atoms with Crippen molar-refractivity contribution in [3.8, 4) is 0 Å². The summed E-state index contributed by atoms with van der Waals surface area (Å²) in [6.07, 6.45) is 5.95. The molecule has 0 aliphatic carbocycles. The summed E-state index contributed by atoms with van der Waals surface area (Å²) in [5, 5.41) is 0. The van der Waals surface area contributed by atoms with Crippen LogP contribution in [-0.2, 0) is 0 Å². The van der Waals surface area contributed by atoms with E-state index in [-0.39, 0.29) is 0 Å². The van der Waals surface area contributed by atoms with Crippen molar-refractivity contribution in [3.05, 3.63) is 42.4 Å². The number of aryl methyl sites for hydroxylation is 1. The lowest BCUT2D eigenvalue weighted by molar-refractivity contribution is 0.635. The lowest BCUT2D eigenvalue weighted by Gasteiger charge is -2.26. The molecular formula is C16H19N5. The minimum absolute atomic E-state index is 0.509. The van der Waals surface area contributed by atoms with Gasteiger partial charge in [-0.1, -0.05) is 6.07 Å². The molecule has 0 bridgehead atoms. The van der Waals surface area contributed by atoms with Gasteiger partial charge in [0.05, 0.1) is 12.1 Å². The molecule has 0 aromatic carbocycles. The molecule has 2 aliphatic rings. The molecule has 2 aromatic heterocycles. The average molecular weight is 281 g/mol. The number of nitrogens with zero attached hydrogens (tertiary/aromatic N) is 5. The Kier molecular flexibility index (Phi) is 2.98. The van der Waals surface area contributed by atoms with Crippen LogP contribution in [0.3, 0.4) is 0 Å². The van der Waals surface area contributed by atoms with Crippen molar-refractivity contribution in [2.45, 2.75) is 31.8 Å². The summed E-state index contributed by atoms with van der Waals surface area (Å²) < 4.78 is 0. The SMILES string of the molecule is Cc1cccc(N2CC[C@H]3[C@@H]2CCN3c2ncccn2)n1. The highest BCUT2D eigenvalue weighted by molar-refractivity contribution is 5.47. The van der Waals surface area contributed by atoms with Crippen molar-refractivity contribution in [2.24, 2.45) is 0 Å². The molecule has 2 atom stereocenters. The van der Waals surface area contributed by atoms with Gasteiger partial charge in [-0.3, -0.25) is 0 Å². The lowest BCUT2D eigenvalue weighted by atomic mass is 10.1. The molecule has 0 spiro atoms. The third-order valence-corrected chi connectivity index (χ3v) is 4.55. The first-order chi connectivity index (χ1) is 10.3. The second-order valence-corrected chi connectivity index (χ2v) is 5.78. The fourth-order valence-corrected chi connectivity index (χ4v) is 3.65. The first kappa shape index (κ1) is 12.6. The van der Waals surface area contributed by atoms with Gasteiger partial charge >= 0.3 is 0 Å². The number of aromatic nitrogens is 3. The third kappa shape index (κ3) is 2.13. The van der Waals surface area contributed by atoms with E-state index < -0.39 is 0 Å². The highest BCUT2D eigenvalue weighted by Crippen LogP contribution is 2.35. The molecule has 108 valence electrons. The molecule has 4 heterocycles.